The van der Waals surface area contributed by atoms with E-state index in [-0.39, 0.29) is 23.7 Å². The van der Waals surface area contributed by atoms with Crippen molar-refractivity contribution in [2.45, 2.75) is 72.1 Å². The van der Waals surface area contributed by atoms with Crippen molar-refractivity contribution in [1.29, 1.82) is 0 Å². The highest BCUT2D eigenvalue weighted by Crippen LogP contribution is 2.24. The summed E-state index contributed by atoms with van der Waals surface area (Å²) < 4.78 is 5.39. The van der Waals surface area contributed by atoms with Crippen molar-refractivity contribution in [3.63, 3.8) is 0 Å². The van der Waals surface area contributed by atoms with Crippen LogP contribution >= 0.6 is 0 Å². The number of hydrogen-bond acceptors (Lipinski definition) is 3. The smallest absolute Gasteiger partial charge is 0.243 e. The van der Waals surface area contributed by atoms with Gasteiger partial charge in [0.1, 0.15) is 6.04 Å². The Morgan fingerprint density at radius 1 is 1.07 bits per heavy atom. The Bertz CT molecular complexity index is 592. The fourth-order valence-corrected chi connectivity index (χ4v) is 3.44. The van der Waals surface area contributed by atoms with Gasteiger partial charge in [0.05, 0.1) is 6.61 Å². The molecule has 1 saturated carbocycles. The summed E-state index contributed by atoms with van der Waals surface area (Å²) in [6.45, 7) is 7.66. The topological polar surface area (TPSA) is 67.4 Å². The van der Waals surface area contributed by atoms with Crippen molar-refractivity contribution < 1.29 is 14.3 Å². The minimum atomic E-state index is -0.489. The molecule has 0 heterocycles. The number of ether oxygens (including phenoxy) is 1. The Hall–Kier alpha value is -1.88. The fraction of sp³-hybridized carbons (Fsp3) is 0.636. The molecule has 2 amide bonds. The largest absolute Gasteiger partial charge is 0.377 e. The molecular weight excluding hydrogens is 340 g/mol. The summed E-state index contributed by atoms with van der Waals surface area (Å²) in [7, 11) is 0. The van der Waals surface area contributed by atoms with Crippen LogP contribution < -0.4 is 10.6 Å². The third-order valence-electron chi connectivity index (χ3n) is 5.19. The number of hydrogen-bond donors (Lipinski definition) is 2. The molecule has 1 aromatic rings. The summed E-state index contributed by atoms with van der Waals surface area (Å²) in [6, 6.07) is 7.54. The lowest BCUT2D eigenvalue weighted by Crippen LogP contribution is -2.51. The molecule has 2 rings (SSSR count). The highest BCUT2D eigenvalue weighted by Gasteiger charge is 2.28. The van der Waals surface area contributed by atoms with Crippen LogP contribution in [0, 0.1) is 11.8 Å². The third kappa shape index (κ3) is 6.98. The average Bonchev–Trinajstić information content (AvgIpc) is 2.69. The first-order chi connectivity index (χ1) is 13.0. The van der Waals surface area contributed by atoms with Crippen LogP contribution in [0.4, 0.5) is 0 Å². The van der Waals surface area contributed by atoms with Gasteiger partial charge in [-0.25, -0.2) is 0 Å². The predicted octanol–water partition coefficient (Wildman–Crippen LogP) is 3.56. The van der Waals surface area contributed by atoms with E-state index in [0.29, 0.717) is 19.8 Å². The standard InChI is InChI=1S/C22H34N2O3/c1-4-27-15-18-12-10-17(11-13-18)14-23-22(26)20(16(2)3)24-21(25)19-8-6-5-7-9-19/h10-13,16,19-20H,4-9,14-15H2,1-3H3,(H,23,26)(H,24,25). The van der Waals surface area contributed by atoms with Gasteiger partial charge in [-0.2, -0.15) is 0 Å². The second-order valence-corrected chi connectivity index (χ2v) is 7.74. The Morgan fingerprint density at radius 3 is 2.30 bits per heavy atom. The molecule has 2 N–H and O–H groups in total. The van der Waals surface area contributed by atoms with Crippen molar-refractivity contribution in [1.82, 2.24) is 10.6 Å². The lowest BCUT2D eigenvalue weighted by molar-refractivity contribution is -0.132. The molecule has 0 bridgehead atoms. The molecule has 1 fully saturated rings. The summed E-state index contributed by atoms with van der Waals surface area (Å²) in [5.41, 5.74) is 2.15. The molecule has 27 heavy (non-hydrogen) atoms. The molecule has 150 valence electrons. The third-order valence-corrected chi connectivity index (χ3v) is 5.19. The molecule has 1 unspecified atom stereocenters. The van der Waals surface area contributed by atoms with Crippen LogP contribution in [0.15, 0.2) is 24.3 Å². The van der Waals surface area contributed by atoms with Crippen molar-refractivity contribution >= 4 is 11.8 Å². The van der Waals surface area contributed by atoms with Gasteiger partial charge in [-0.05, 0) is 36.8 Å². The van der Waals surface area contributed by atoms with E-state index in [1.165, 1.54) is 6.42 Å². The lowest BCUT2D eigenvalue weighted by Gasteiger charge is -2.26. The zero-order valence-electron chi connectivity index (χ0n) is 16.9. The van der Waals surface area contributed by atoms with E-state index >= 15 is 0 Å². The molecule has 0 aromatic heterocycles. The van der Waals surface area contributed by atoms with Gasteiger partial charge in [-0.1, -0.05) is 57.4 Å². The van der Waals surface area contributed by atoms with E-state index < -0.39 is 6.04 Å². The molecular formula is C22H34N2O3. The fourth-order valence-electron chi connectivity index (χ4n) is 3.44. The first kappa shape index (κ1) is 21.4. The van der Waals surface area contributed by atoms with Crippen molar-refractivity contribution in [3.05, 3.63) is 35.4 Å². The maximum Gasteiger partial charge on any atom is 0.243 e. The van der Waals surface area contributed by atoms with Gasteiger partial charge in [-0.3, -0.25) is 9.59 Å². The normalized spacial score (nSPS) is 16.1. The number of rotatable bonds is 9. The summed E-state index contributed by atoms with van der Waals surface area (Å²) in [6.07, 6.45) is 5.30. The first-order valence-corrected chi connectivity index (χ1v) is 10.2. The Balaban J connectivity index is 1.85. The first-order valence-electron chi connectivity index (χ1n) is 10.2. The SMILES string of the molecule is CCOCc1ccc(CNC(=O)C(NC(=O)C2CCCCC2)C(C)C)cc1. The van der Waals surface area contributed by atoms with Crippen LogP contribution in [0.3, 0.4) is 0 Å². The minimum absolute atomic E-state index is 0.0313. The van der Waals surface area contributed by atoms with Gasteiger partial charge in [0.2, 0.25) is 11.8 Å². The van der Waals surface area contributed by atoms with Crippen LogP contribution in [0.5, 0.6) is 0 Å². The van der Waals surface area contributed by atoms with Crippen LogP contribution in [-0.2, 0) is 27.5 Å². The van der Waals surface area contributed by atoms with Crippen LogP contribution in [0.25, 0.3) is 0 Å². The molecule has 5 nitrogen and oxygen atoms in total. The van der Waals surface area contributed by atoms with Crippen LogP contribution in [0.1, 0.15) is 64.0 Å². The number of nitrogens with one attached hydrogen (secondary N) is 2. The van der Waals surface area contributed by atoms with Crippen molar-refractivity contribution in [3.8, 4) is 0 Å². The van der Waals surface area contributed by atoms with Crippen LogP contribution in [-0.4, -0.2) is 24.5 Å². The molecule has 1 aromatic carbocycles. The van der Waals surface area contributed by atoms with Gasteiger partial charge < -0.3 is 15.4 Å². The Kier molecular flexibility index (Phi) is 8.79. The predicted molar refractivity (Wildman–Crippen MR) is 107 cm³/mol. The minimum Gasteiger partial charge on any atom is -0.377 e. The molecule has 0 spiro atoms. The number of carbonyl (C=O) groups is 2. The summed E-state index contributed by atoms with van der Waals surface area (Å²) in [4.78, 5) is 25.2. The molecule has 0 radical (unpaired) electrons. The maximum absolute atomic E-state index is 12.6. The highest BCUT2D eigenvalue weighted by atomic mass is 16.5. The van der Waals surface area contributed by atoms with E-state index in [1.807, 2.05) is 45.0 Å². The molecule has 1 aliphatic carbocycles. The molecule has 1 atom stereocenters. The van der Waals surface area contributed by atoms with Crippen molar-refractivity contribution in [2.24, 2.45) is 11.8 Å². The molecule has 5 heteroatoms. The van der Waals surface area contributed by atoms with Gasteiger partial charge >= 0.3 is 0 Å². The van der Waals surface area contributed by atoms with Gasteiger partial charge in [0.25, 0.3) is 0 Å². The Morgan fingerprint density at radius 2 is 1.70 bits per heavy atom. The number of benzene rings is 1. The summed E-state index contributed by atoms with van der Waals surface area (Å²) >= 11 is 0. The number of carbonyl (C=O) groups excluding carboxylic acids is 2. The quantitative estimate of drug-likeness (QED) is 0.694. The van der Waals surface area contributed by atoms with E-state index in [9.17, 15) is 9.59 Å². The van der Waals surface area contributed by atoms with Gasteiger partial charge in [0.15, 0.2) is 0 Å². The second-order valence-electron chi connectivity index (χ2n) is 7.74. The average molecular weight is 375 g/mol. The zero-order valence-corrected chi connectivity index (χ0v) is 16.9. The van der Waals surface area contributed by atoms with E-state index in [2.05, 4.69) is 10.6 Å². The summed E-state index contributed by atoms with van der Waals surface area (Å²) in [5.74, 6) is 0.0215. The Labute approximate surface area is 163 Å². The van der Waals surface area contributed by atoms with E-state index in [4.69, 9.17) is 4.74 Å². The second kappa shape index (κ2) is 11.1. The lowest BCUT2D eigenvalue weighted by atomic mass is 9.88. The number of amides is 2. The van der Waals surface area contributed by atoms with Crippen LogP contribution in [0.2, 0.25) is 0 Å². The van der Waals surface area contributed by atoms with Gasteiger partial charge in [-0.15, -0.1) is 0 Å². The molecule has 1 aliphatic rings. The summed E-state index contributed by atoms with van der Waals surface area (Å²) in [5, 5.41) is 5.95. The molecule has 0 aliphatic heterocycles. The van der Waals surface area contributed by atoms with Crippen molar-refractivity contribution in [2.75, 3.05) is 6.61 Å². The highest BCUT2D eigenvalue weighted by molar-refractivity contribution is 5.88. The van der Waals surface area contributed by atoms with Gasteiger partial charge in [0, 0.05) is 19.1 Å². The maximum atomic E-state index is 12.6. The molecule has 0 saturated heterocycles. The van der Waals surface area contributed by atoms with E-state index in [0.717, 1.165) is 36.8 Å². The van der Waals surface area contributed by atoms with E-state index in [1.54, 1.807) is 0 Å². The zero-order chi connectivity index (χ0) is 19.6. The monoisotopic (exact) mass is 374 g/mol.